The molecule has 2 aromatic carbocycles. The van der Waals surface area contributed by atoms with Gasteiger partial charge in [-0.15, -0.1) is 0 Å². The Labute approximate surface area is 183 Å². The first-order valence-corrected chi connectivity index (χ1v) is 9.68. The lowest BCUT2D eigenvalue weighted by molar-refractivity contribution is -0.141. The summed E-state index contributed by atoms with van der Waals surface area (Å²) in [6.07, 6.45) is -4.24. The maximum atomic E-state index is 12.7. The summed E-state index contributed by atoms with van der Waals surface area (Å²) in [5.41, 5.74) is 4.04. The molecule has 2 amide bonds. The normalized spacial score (nSPS) is 12.2. The molecule has 3 aromatic rings. The molecular formula is C20H16BrF3N4O3. The molecule has 31 heavy (non-hydrogen) atoms. The van der Waals surface area contributed by atoms with Crippen LogP contribution in [0.1, 0.15) is 23.0 Å². The Morgan fingerprint density at radius 1 is 1.10 bits per heavy atom. The fraction of sp³-hybridized carbons (Fsp3) is 0.150. The van der Waals surface area contributed by atoms with E-state index in [0.29, 0.717) is 11.4 Å². The molecule has 0 bridgehead atoms. The van der Waals surface area contributed by atoms with Gasteiger partial charge in [0.05, 0.1) is 5.69 Å². The zero-order valence-electron chi connectivity index (χ0n) is 16.0. The summed E-state index contributed by atoms with van der Waals surface area (Å²) >= 11 is 3.30. The van der Waals surface area contributed by atoms with Crippen molar-refractivity contribution in [3.05, 3.63) is 76.5 Å². The maximum Gasteiger partial charge on any atom is 0.435 e. The van der Waals surface area contributed by atoms with Gasteiger partial charge in [-0.25, -0.2) is 4.68 Å². The van der Waals surface area contributed by atoms with Crippen LogP contribution in [0, 0.1) is 0 Å². The molecule has 0 saturated carbocycles. The summed E-state index contributed by atoms with van der Waals surface area (Å²) in [4.78, 5) is 24.3. The molecule has 1 heterocycles. The first-order valence-electron chi connectivity index (χ1n) is 8.89. The van der Waals surface area contributed by atoms with Gasteiger partial charge >= 0.3 is 6.18 Å². The van der Waals surface area contributed by atoms with Crippen LogP contribution >= 0.6 is 15.9 Å². The molecule has 2 N–H and O–H groups in total. The third-order valence-electron chi connectivity index (χ3n) is 4.05. The lowest BCUT2D eigenvalue weighted by Gasteiger charge is -2.15. The van der Waals surface area contributed by atoms with Crippen molar-refractivity contribution in [1.29, 1.82) is 0 Å². The molecule has 0 saturated heterocycles. The van der Waals surface area contributed by atoms with Gasteiger partial charge in [0.2, 0.25) is 0 Å². The second kappa shape index (κ2) is 9.21. The highest BCUT2D eigenvalue weighted by atomic mass is 79.9. The van der Waals surface area contributed by atoms with Crippen molar-refractivity contribution in [3.63, 3.8) is 0 Å². The molecule has 0 aliphatic rings. The summed E-state index contributed by atoms with van der Waals surface area (Å²) < 4.78 is 45.3. The van der Waals surface area contributed by atoms with E-state index in [1.807, 2.05) is 6.07 Å². The molecule has 162 valence electrons. The standard InChI is InChI=1S/C20H16BrF3N4O3/c1-12(31-16-4-2-3-14(21)11-16)18(29)25-26-19(30)13-5-7-15(8-6-13)28-10-9-17(27-28)20(22,23)24/h2-12H,1H3,(H,25,29)(H,26,30). The predicted octanol–water partition coefficient (Wildman–Crippen LogP) is 3.88. The van der Waals surface area contributed by atoms with Crippen LogP contribution in [-0.4, -0.2) is 27.7 Å². The van der Waals surface area contributed by atoms with E-state index in [2.05, 4.69) is 31.9 Å². The molecule has 0 aliphatic carbocycles. The molecule has 1 unspecified atom stereocenters. The summed E-state index contributed by atoms with van der Waals surface area (Å²) in [5.74, 6) is -0.696. The summed E-state index contributed by atoms with van der Waals surface area (Å²) in [6, 6.07) is 13.5. The van der Waals surface area contributed by atoms with E-state index in [1.54, 1.807) is 18.2 Å². The largest absolute Gasteiger partial charge is 0.481 e. The van der Waals surface area contributed by atoms with Gasteiger partial charge in [0.1, 0.15) is 5.75 Å². The van der Waals surface area contributed by atoms with Crippen LogP contribution in [0.25, 0.3) is 5.69 Å². The molecule has 0 fully saturated rings. The van der Waals surface area contributed by atoms with Crippen LogP contribution in [0.4, 0.5) is 13.2 Å². The fourth-order valence-corrected chi connectivity index (χ4v) is 2.85. The van der Waals surface area contributed by atoms with Crippen molar-refractivity contribution in [2.45, 2.75) is 19.2 Å². The summed E-state index contributed by atoms with van der Waals surface area (Å²) in [7, 11) is 0. The Morgan fingerprint density at radius 2 is 1.81 bits per heavy atom. The Hall–Kier alpha value is -3.34. The molecule has 1 aromatic heterocycles. The summed E-state index contributed by atoms with van der Waals surface area (Å²) in [6.45, 7) is 1.52. The van der Waals surface area contributed by atoms with Crippen LogP contribution in [0.3, 0.4) is 0 Å². The molecule has 7 nitrogen and oxygen atoms in total. The van der Waals surface area contributed by atoms with Gasteiger partial charge in [0.25, 0.3) is 11.8 Å². The fourth-order valence-electron chi connectivity index (χ4n) is 2.47. The molecule has 0 radical (unpaired) electrons. The SMILES string of the molecule is CC(Oc1cccc(Br)c1)C(=O)NNC(=O)c1ccc(-n2ccc(C(F)(F)F)n2)cc1. The molecule has 1 atom stereocenters. The summed E-state index contributed by atoms with van der Waals surface area (Å²) in [5, 5.41) is 3.46. The number of ether oxygens (including phenoxy) is 1. The number of carbonyl (C=O) groups is 2. The van der Waals surface area contributed by atoms with Crippen molar-refractivity contribution >= 4 is 27.7 Å². The van der Waals surface area contributed by atoms with E-state index < -0.39 is 29.8 Å². The van der Waals surface area contributed by atoms with Crippen molar-refractivity contribution in [2.75, 3.05) is 0 Å². The van der Waals surface area contributed by atoms with Gasteiger partial charge in [0, 0.05) is 16.2 Å². The van der Waals surface area contributed by atoms with E-state index >= 15 is 0 Å². The van der Waals surface area contributed by atoms with E-state index in [9.17, 15) is 22.8 Å². The van der Waals surface area contributed by atoms with Crippen LogP contribution in [0.5, 0.6) is 5.75 Å². The lowest BCUT2D eigenvalue weighted by atomic mass is 10.2. The number of hydrogen-bond donors (Lipinski definition) is 2. The number of benzene rings is 2. The maximum absolute atomic E-state index is 12.7. The van der Waals surface area contributed by atoms with E-state index in [0.717, 1.165) is 15.2 Å². The second-order valence-corrected chi connectivity index (χ2v) is 7.27. The predicted molar refractivity (Wildman–Crippen MR) is 108 cm³/mol. The number of hydrogen-bond acceptors (Lipinski definition) is 4. The highest BCUT2D eigenvalue weighted by molar-refractivity contribution is 9.10. The quantitative estimate of drug-likeness (QED) is 0.525. The minimum absolute atomic E-state index is 0.188. The number of aromatic nitrogens is 2. The number of nitrogens with zero attached hydrogens (tertiary/aromatic N) is 2. The highest BCUT2D eigenvalue weighted by Gasteiger charge is 2.33. The van der Waals surface area contributed by atoms with E-state index in [4.69, 9.17) is 4.74 Å². The third kappa shape index (κ3) is 5.85. The Morgan fingerprint density at radius 3 is 2.42 bits per heavy atom. The molecular weight excluding hydrogens is 481 g/mol. The zero-order chi connectivity index (χ0) is 22.6. The average Bonchev–Trinajstić information content (AvgIpc) is 3.23. The first kappa shape index (κ1) is 22.3. The van der Waals surface area contributed by atoms with Gasteiger partial charge in [-0.2, -0.15) is 18.3 Å². The van der Waals surface area contributed by atoms with Crippen LogP contribution in [0.2, 0.25) is 0 Å². The third-order valence-corrected chi connectivity index (χ3v) is 4.54. The number of alkyl halides is 3. The van der Waals surface area contributed by atoms with E-state index in [1.165, 1.54) is 37.4 Å². The van der Waals surface area contributed by atoms with Crippen molar-refractivity contribution < 1.29 is 27.5 Å². The highest BCUT2D eigenvalue weighted by Crippen LogP contribution is 2.27. The lowest BCUT2D eigenvalue weighted by Crippen LogP contribution is -2.47. The number of nitrogens with one attached hydrogen (secondary N) is 2. The monoisotopic (exact) mass is 496 g/mol. The Bertz CT molecular complexity index is 1080. The van der Waals surface area contributed by atoms with Crippen LogP contribution in [-0.2, 0) is 11.0 Å². The van der Waals surface area contributed by atoms with Gasteiger partial charge < -0.3 is 4.74 Å². The Kier molecular flexibility index (Phi) is 6.64. The molecule has 0 aliphatic heterocycles. The molecule has 3 rings (SSSR count). The van der Waals surface area contributed by atoms with E-state index in [-0.39, 0.29) is 5.56 Å². The molecule has 11 heteroatoms. The van der Waals surface area contributed by atoms with Gasteiger partial charge in [0.15, 0.2) is 11.8 Å². The van der Waals surface area contributed by atoms with Gasteiger partial charge in [-0.05, 0) is 55.5 Å². The Balaban J connectivity index is 1.55. The number of rotatable bonds is 5. The number of hydrazine groups is 1. The smallest absolute Gasteiger partial charge is 0.435 e. The van der Waals surface area contributed by atoms with Crippen molar-refractivity contribution in [3.8, 4) is 11.4 Å². The number of amides is 2. The average molecular weight is 497 g/mol. The number of halogens is 4. The van der Waals surface area contributed by atoms with Crippen molar-refractivity contribution in [2.24, 2.45) is 0 Å². The molecule has 0 spiro atoms. The number of carbonyl (C=O) groups excluding carboxylic acids is 2. The minimum Gasteiger partial charge on any atom is -0.481 e. The second-order valence-electron chi connectivity index (χ2n) is 6.35. The van der Waals surface area contributed by atoms with Gasteiger partial charge in [-0.3, -0.25) is 20.4 Å². The zero-order valence-corrected chi connectivity index (χ0v) is 17.6. The van der Waals surface area contributed by atoms with Gasteiger partial charge in [-0.1, -0.05) is 22.0 Å². The van der Waals surface area contributed by atoms with Crippen LogP contribution < -0.4 is 15.6 Å². The van der Waals surface area contributed by atoms with Crippen molar-refractivity contribution in [1.82, 2.24) is 20.6 Å². The van der Waals surface area contributed by atoms with Crippen LogP contribution in [0.15, 0.2) is 65.3 Å². The minimum atomic E-state index is -4.54. The first-order chi connectivity index (χ1) is 14.6. The topological polar surface area (TPSA) is 85.3 Å².